The molecule has 0 aliphatic heterocycles. The molecule has 0 N–H and O–H groups in total. The Labute approximate surface area is 72.5 Å². The normalized spacial score (nSPS) is 8.20. The molecule has 0 amide bonds. The van der Waals surface area contributed by atoms with Crippen molar-refractivity contribution in [1.29, 1.82) is 0 Å². The van der Waals surface area contributed by atoms with Crippen molar-refractivity contribution < 1.29 is 17.1 Å². The van der Waals surface area contributed by atoms with E-state index >= 15 is 0 Å². The van der Waals surface area contributed by atoms with E-state index in [1.54, 1.807) is 0 Å². The summed E-state index contributed by atoms with van der Waals surface area (Å²) in [6, 6.07) is 10.3. The van der Waals surface area contributed by atoms with Crippen LogP contribution in [-0.4, -0.2) is 14.1 Å². The maximum atomic E-state index is 2.08. The van der Waals surface area contributed by atoms with Crippen LogP contribution < -0.4 is 4.90 Å². The Morgan fingerprint density at radius 3 is 1.80 bits per heavy atom. The van der Waals surface area contributed by atoms with Crippen molar-refractivity contribution in [2.75, 3.05) is 19.0 Å². The first-order valence-electron chi connectivity index (χ1n) is 3.03. The Morgan fingerprint density at radius 2 is 1.50 bits per heavy atom. The molecule has 56 valence electrons. The van der Waals surface area contributed by atoms with Gasteiger partial charge in [0, 0.05) is 36.9 Å². The van der Waals surface area contributed by atoms with Crippen LogP contribution in [0, 0.1) is 0 Å². The molecular weight excluding hydrogens is 166 g/mol. The Hall–Kier alpha value is -0.461. The van der Waals surface area contributed by atoms with Crippen LogP contribution >= 0.6 is 0 Å². The molecule has 0 spiro atoms. The van der Waals surface area contributed by atoms with Crippen LogP contribution in [-0.2, 0) is 17.1 Å². The SMILES string of the molecule is CN(C)c1ccccc1.[Fe]. The van der Waals surface area contributed by atoms with Gasteiger partial charge < -0.3 is 4.90 Å². The minimum atomic E-state index is 0. The van der Waals surface area contributed by atoms with Gasteiger partial charge in [-0.15, -0.1) is 0 Å². The van der Waals surface area contributed by atoms with Crippen LogP contribution in [0.5, 0.6) is 0 Å². The Balaban J connectivity index is 0.000000810. The maximum absolute atomic E-state index is 2.08. The van der Waals surface area contributed by atoms with E-state index in [1.165, 1.54) is 5.69 Å². The molecule has 0 saturated carbocycles. The van der Waals surface area contributed by atoms with E-state index in [1.807, 2.05) is 32.3 Å². The summed E-state index contributed by atoms with van der Waals surface area (Å²) in [6.07, 6.45) is 0. The molecular formula is C8H11FeN. The molecule has 1 aromatic carbocycles. The van der Waals surface area contributed by atoms with Crippen molar-refractivity contribution in [3.63, 3.8) is 0 Å². The van der Waals surface area contributed by atoms with Crippen LogP contribution in [0.25, 0.3) is 0 Å². The fourth-order valence-corrected chi connectivity index (χ4v) is 0.726. The van der Waals surface area contributed by atoms with Gasteiger partial charge in [-0.2, -0.15) is 0 Å². The van der Waals surface area contributed by atoms with E-state index in [2.05, 4.69) is 17.0 Å². The summed E-state index contributed by atoms with van der Waals surface area (Å²) in [4.78, 5) is 2.08. The second-order valence-electron chi connectivity index (χ2n) is 2.23. The summed E-state index contributed by atoms with van der Waals surface area (Å²) in [5.74, 6) is 0. The molecule has 0 bridgehead atoms. The van der Waals surface area contributed by atoms with E-state index in [-0.39, 0.29) is 17.1 Å². The zero-order valence-electron chi connectivity index (χ0n) is 6.19. The molecule has 0 aromatic heterocycles. The summed E-state index contributed by atoms with van der Waals surface area (Å²) in [7, 11) is 4.07. The number of nitrogens with zero attached hydrogens (tertiary/aromatic N) is 1. The molecule has 0 saturated heterocycles. The molecule has 0 radical (unpaired) electrons. The van der Waals surface area contributed by atoms with Gasteiger partial charge in [-0.1, -0.05) is 18.2 Å². The number of hydrogen-bond donors (Lipinski definition) is 0. The largest absolute Gasteiger partial charge is 0.378 e. The Kier molecular flexibility index (Phi) is 4.17. The third-order valence-electron chi connectivity index (χ3n) is 1.27. The Morgan fingerprint density at radius 1 is 1.00 bits per heavy atom. The van der Waals surface area contributed by atoms with E-state index in [4.69, 9.17) is 0 Å². The zero-order valence-corrected chi connectivity index (χ0v) is 7.29. The summed E-state index contributed by atoms with van der Waals surface area (Å²) in [6.45, 7) is 0. The van der Waals surface area contributed by atoms with Crippen LogP contribution in [0.2, 0.25) is 0 Å². The second-order valence-corrected chi connectivity index (χ2v) is 2.23. The fourth-order valence-electron chi connectivity index (χ4n) is 0.726. The third kappa shape index (κ3) is 2.42. The molecule has 1 nitrogen and oxygen atoms in total. The standard InChI is InChI=1S/C8H11N.Fe/c1-9(2)8-6-4-3-5-7-8;/h3-7H,1-2H3;. The van der Waals surface area contributed by atoms with Crippen LogP contribution in [0.4, 0.5) is 5.69 Å². The topological polar surface area (TPSA) is 3.24 Å². The van der Waals surface area contributed by atoms with Gasteiger partial charge in [-0.05, 0) is 12.1 Å². The van der Waals surface area contributed by atoms with Gasteiger partial charge in [0.2, 0.25) is 0 Å². The Bertz CT molecular complexity index is 172. The predicted octanol–water partition coefficient (Wildman–Crippen LogP) is 1.75. The molecule has 0 atom stereocenters. The molecule has 0 aliphatic carbocycles. The summed E-state index contributed by atoms with van der Waals surface area (Å²) >= 11 is 0. The molecule has 1 rings (SSSR count). The average Bonchev–Trinajstić information content (AvgIpc) is 1.90. The van der Waals surface area contributed by atoms with Gasteiger partial charge in [0.05, 0.1) is 0 Å². The number of anilines is 1. The third-order valence-corrected chi connectivity index (χ3v) is 1.27. The molecule has 10 heavy (non-hydrogen) atoms. The van der Waals surface area contributed by atoms with Gasteiger partial charge >= 0.3 is 0 Å². The first-order valence-corrected chi connectivity index (χ1v) is 3.03. The number of rotatable bonds is 1. The van der Waals surface area contributed by atoms with Crippen molar-refractivity contribution >= 4 is 5.69 Å². The van der Waals surface area contributed by atoms with Crippen molar-refractivity contribution in [2.24, 2.45) is 0 Å². The van der Waals surface area contributed by atoms with Crippen molar-refractivity contribution in [1.82, 2.24) is 0 Å². The molecule has 2 heteroatoms. The van der Waals surface area contributed by atoms with Crippen molar-refractivity contribution in [3.05, 3.63) is 30.3 Å². The molecule has 0 fully saturated rings. The van der Waals surface area contributed by atoms with Crippen LogP contribution in [0.1, 0.15) is 0 Å². The molecule has 1 aromatic rings. The van der Waals surface area contributed by atoms with Gasteiger partial charge in [0.15, 0.2) is 0 Å². The fraction of sp³-hybridized carbons (Fsp3) is 0.250. The van der Waals surface area contributed by atoms with Crippen LogP contribution in [0.15, 0.2) is 30.3 Å². The number of para-hydroxylation sites is 1. The molecule has 0 heterocycles. The quantitative estimate of drug-likeness (QED) is 0.590. The molecule has 0 unspecified atom stereocenters. The maximum Gasteiger partial charge on any atom is 0.0360 e. The van der Waals surface area contributed by atoms with E-state index in [9.17, 15) is 0 Å². The summed E-state index contributed by atoms with van der Waals surface area (Å²) < 4.78 is 0. The average molecular weight is 177 g/mol. The number of benzene rings is 1. The van der Waals surface area contributed by atoms with Crippen molar-refractivity contribution in [3.8, 4) is 0 Å². The summed E-state index contributed by atoms with van der Waals surface area (Å²) in [5.41, 5.74) is 1.25. The second kappa shape index (κ2) is 4.37. The van der Waals surface area contributed by atoms with Gasteiger partial charge in [0.25, 0.3) is 0 Å². The zero-order chi connectivity index (χ0) is 6.69. The smallest absolute Gasteiger partial charge is 0.0360 e. The van der Waals surface area contributed by atoms with Gasteiger partial charge in [0.1, 0.15) is 0 Å². The molecule has 0 aliphatic rings. The minimum Gasteiger partial charge on any atom is -0.378 e. The monoisotopic (exact) mass is 177 g/mol. The van der Waals surface area contributed by atoms with Crippen LogP contribution in [0.3, 0.4) is 0 Å². The summed E-state index contributed by atoms with van der Waals surface area (Å²) in [5, 5.41) is 0. The van der Waals surface area contributed by atoms with Gasteiger partial charge in [-0.3, -0.25) is 0 Å². The first kappa shape index (κ1) is 9.54. The van der Waals surface area contributed by atoms with Crippen molar-refractivity contribution in [2.45, 2.75) is 0 Å². The first-order chi connectivity index (χ1) is 4.30. The van der Waals surface area contributed by atoms with E-state index in [0.717, 1.165) is 0 Å². The minimum absolute atomic E-state index is 0. The van der Waals surface area contributed by atoms with E-state index < -0.39 is 0 Å². The van der Waals surface area contributed by atoms with E-state index in [0.29, 0.717) is 0 Å². The predicted molar refractivity (Wildman–Crippen MR) is 40.8 cm³/mol. The van der Waals surface area contributed by atoms with Gasteiger partial charge in [-0.25, -0.2) is 0 Å². The number of hydrogen-bond acceptors (Lipinski definition) is 1.